The van der Waals surface area contributed by atoms with Crippen molar-refractivity contribution in [3.8, 4) is 0 Å². The Bertz CT molecular complexity index is 268. The number of anilines is 1. The molecule has 0 spiro atoms. The largest absolute Gasteiger partial charge is 0.378 e. The molecule has 2 radical (unpaired) electrons. The monoisotopic (exact) mass is 219 g/mol. The number of hydrogen-bond donors (Lipinski definition) is 0. The summed E-state index contributed by atoms with van der Waals surface area (Å²) in [4.78, 5) is 2.02. The van der Waals surface area contributed by atoms with Crippen molar-refractivity contribution in [2.75, 3.05) is 19.0 Å². The Morgan fingerprint density at radius 3 is 1.69 bits per heavy atom. The van der Waals surface area contributed by atoms with E-state index in [0.29, 0.717) is 0 Å². The number of rotatable bonds is 2. The van der Waals surface area contributed by atoms with E-state index in [2.05, 4.69) is 10.1 Å². The summed E-state index contributed by atoms with van der Waals surface area (Å²) in [5.41, 5.74) is 1.90. The lowest BCUT2D eigenvalue weighted by Gasteiger charge is -2.11. The minimum Gasteiger partial charge on any atom is -0.378 e. The van der Waals surface area contributed by atoms with Gasteiger partial charge in [0.05, 0.1) is 5.69 Å². The van der Waals surface area contributed by atoms with E-state index in [1.807, 2.05) is 71.0 Å². The molecule has 0 aliphatic carbocycles. The molecular weight excluding hydrogens is 197 g/mol. The van der Waals surface area contributed by atoms with Crippen molar-refractivity contribution in [3.63, 3.8) is 0 Å². The zero-order valence-corrected chi connectivity index (χ0v) is 11.2. The minimum absolute atomic E-state index is 0.767. The van der Waals surface area contributed by atoms with Crippen LogP contribution in [0.25, 0.3) is 0 Å². The normalized spacial score (nSPS) is 8.62. The first-order chi connectivity index (χ1) is 7.74. The Morgan fingerprint density at radius 1 is 0.938 bits per heavy atom. The Kier molecular flexibility index (Phi) is 12.6. The standard InChI is InChI=1S/C8H10BN3.2C2H6/c1-12(2)8-5-3-7(4-6-8)10-11-9;2*1-2/h3-6H,1-2H3;2*1-2H3. The molecule has 0 amide bonds. The third-order valence-corrected chi connectivity index (χ3v) is 1.54. The van der Waals surface area contributed by atoms with Crippen molar-refractivity contribution in [2.24, 2.45) is 10.1 Å². The number of benzene rings is 1. The van der Waals surface area contributed by atoms with Crippen LogP contribution in [0.3, 0.4) is 0 Å². The molecule has 3 nitrogen and oxygen atoms in total. The van der Waals surface area contributed by atoms with Crippen molar-refractivity contribution in [3.05, 3.63) is 24.3 Å². The average Bonchev–Trinajstić information content (AvgIpc) is 2.35. The summed E-state index contributed by atoms with van der Waals surface area (Å²) in [5.74, 6) is 0. The van der Waals surface area contributed by atoms with Crippen LogP contribution < -0.4 is 4.90 Å². The van der Waals surface area contributed by atoms with Crippen LogP contribution in [-0.4, -0.2) is 22.1 Å². The smallest absolute Gasteiger partial charge is 0.293 e. The van der Waals surface area contributed by atoms with Crippen LogP contribution >= 0.6 is 0 Å². The summed E-state index contributed by atoms with van der Waals surface area (Å²) in [6.45, 7) is 8.00. The van der Waals surface area contributed by atoms with Crippen molar-refractivity contribution in [2.45, 2.75) is 27.7 Å². The van der Waals surface area contributed by atoms with Gasteiger partial charge in [-0.1, -0.05) is 27.7 Å². The van der Waals surface area contributed by atoms with E-state index in [9.17, 15) is 0 Å². The van der Waals surface area contributed by atoms with Crippen LogP contribution in [0.15, 0.2) is 34.4 Å². The second-order valence-corrected chi connectivity index (χ2v) is 2.63. The van der Waals surface area contributed by atoms with E-state index in [1.54, 1.807) is 0 Å². The second kappa shape index (κ2) is 11.8. The Balaban J connectivity index is 0. The SMILES string of the molecule is CC.CC.[B]N=Nc1ccc(N(C)C)cc1. The topological polar surface area (TPSA) is 28.0 Å². The molecule has 0 saturated heterocycles. The summed E-state index contributed by atoms with van der Waals surface area (Å²) in [7, 11) is 8.88. The minimum atomic E-state index is 0.767. The summed E-state index contributed by atoms with van der Waals surface area (Å²) >= 11 is 0. The molecule has 0 aromatic heterocycles. The van der Waals surface area contributed by atoms with Gasteiger partial charge in [0.1, 0.15) is 0 Å². The van der Waals surface area contributed by atoms with Gasteiger partial charge >= 0.3 is 0 Å². The van der Waals surface area contributed by atoms with Gasteiger partial charge in [-0.25, -0.2) is 0 Å². The molecule has 0 aliphatic rings. The maximum absolute atomic E-state index is 4.91. The Labute approximate surface area is 101 Å². The summed E-state index contributed by atoms with van der Waals surface area (Å²) in [6, 6.07) is 7.66. The maximum atomic E-state index is 4.91. The van der Waals surface area contributed by atoms with Crippen molar-refractivity contribution in [1.82, 2.24) is 0 Å². The van der Waals surface area contributed by atoms with Crippen molar-refractivity contribution >= 4 is 19.4 Å². The van der Waals surface area contributed by atoms with Crippen molar-refractivity contribution in [1.29, 1.82) is 0 Å². The molecule has 1 aromatic rings. The lowest BCUT2D eigenvalue weighted by molar-refractivity contribution is 1.13. The first-order valence-electron chi connectivity index (χ1n) is 5.62. The Morgan fingerprint density at radius 2 is 1.38 bits per heavy atom. The van der Waals surface area contributed by atoms with Gasteiger partial charge in [0.15, 0.2) is 0 Å². The highest BCUT2D eigenvalue weighted by molar-refractivity contribution is 6.04. The lowest BCUT2D eigenvalue weighted by Crippen LogP contribution is -2.07. The van der Waals surface area contributed by atoms with E-state index in [4.69, 9.17) is 7.98 Å². The van der Waals surface area contributed by atoms with E-state index in [0.717, 1.165) is 11.4 Å². The van der Waals surface area contributed by atoms with Crippen LogP contribution in [-0.2, 0) is 0 Å². The van der Waals surface area contributed by atoms with Crippen LogP contribution in [0.4, 0.5) is 11.4 Å². The van der Waals surface area contributed by atoms with Crippen LogP contribution in [0.5, 0.6) is 0 Å². The summed E-state index contributed by atoms with van der Waals surface area (Å²) in [6.07, 6.45) is 0. The van der Waals surface area contributed by atoms with E-state index < -0.39 is 0 Å². The fourth-order valence-corrected chi connectivity index (χ4v) is 0.884. The fraction of sp³-hybridized carbons (Fsp3) is 0.500. The quantitative estimate of drug-likeness (QED) is 0.546. The molecule has 0 saturated carbocycles. The predicted octanol–water partition coefficient (Wildman–Crippen LogP) is 3.97. The molecule has 1 rings (SSSR count). The van der Waals surface area contributed by atoms with Crippen LogP contribution in [0.2, 0.25) is 0 Å². The van der Waals surface area contributed by atoms with Crippen LogP contribution in [0.1, 0.15) is 27.7 Å². The summed E-state index contributed by atoms with van der Waals surface area (Å²) < 4.78 is 0. The van der Waals surface area contributed by atoms with Gasteiger partial charge in [0.25, 0.3) is 7.98 Å². The Hall–Kier alpha value is -1.32. The number of nitrogens with zero attached hydrogens (tertiary/aromatic N) is 3. The molecule has 16 heavy (non-hydrogen) atoms. The van der Waals surface area contributed by atoms with E-state index >= 15 is 0 Å². The average molecular weight is 219 g/mol. The molecule has 88 valence electrons. The maximum Gasteiger partial charge on any atom is 0.293 e. The van der Waals surface area contributed by atoms with E-state index in [1.165, 1.54) is 0 Å². The molecule has 0 bridgehead atoms. The highest BCUT2D eigenvalue weighted by atomic mass is 15.1. The molecule has 0 heterocycles. The first kappa shape index (κ1) is 17.1. The van der Waals surface area contributed by atoms with Gasteiger partial charge in [-0.2, -0.15) is 5.11 Å². The second-order valence-electron chi connectivity index (χ2n) is 2.63. The highest BCUT2D eigenvalue weighted by Gasteiger charge is 1.93. The van der Waals surface area contributed by atoms with Gasteiger partial charge in [-0.3, -0.25) is 5.03 Å². The highest BCUT2D eigenvalue weighted by Crippen LogP contribution is 2.17. The third kappa shape index (κ3) is 7.04. The van der Waals surface area contributed by atoms with Crippen LogP contribution in [0, 0.1) is 0 Å². The lowest BCUT2D eigenvalue weighted by atomic mass is 10.3. The molecule has 4 heteroatoms. The van der Waals surface area contributed by atoms with Gasteiger partial charge < -0.3 is 4.90 Å². The first-order valence-corrected chi connectivity index (χ1v) is 5.62. The third-order valence-electron chi connectivity index (χ3n) is 1.54. The molecule has 0 aliphatic heterocycles. The zero-order chi connectivity index (χ0) is 13.0. The molecule has 0 unspecified atom stereocenters. The van der Waals surface area contributed by atoms with E-state index in [-0.39, 0.29) is 0 Å². The zero-order valence-electron chi connectivity index (χ0n) is 11.2. The summed E-state index contributed by atoms with van der Waals surface area (Å²) in [5, 5.41) is 6.88. The van der Waals surface area contributed by atoms with Gasteiger partial charge in [-0.05, 0) is 24.3 Å². The molecular formula is C12H22BN3. The van der Waals surface area contributed by atoms with Gasteiger partial charge in [0.2, 0.25) is 0 Å². The number of hydrogen-bond acceptors (Lipinski definition) is 3. The fourth-order valence-electron chi connectivity index (χ4n) is 0.884. The molecule has 0 fully saturated rings. The molecule has 0 N–H and O–H groups in total. The van der Waals surface area contributed by atoms with Crippen molar-refractivity contribution < 1.29 is 0 Å². The molecule has 1 aromatic carbocycles. The predicted molar refractivity (Wildman–Crippen MR) is 73.7 cm³/mol. The van der Waals surface area contributed by atoms with Gasteiger partial charge in [-0.15, -0.1) is 0 Å². The molecule has 0 atom stereocenters. The van der Waals surface area contributed by atoms with Gasteiger partial charge in [0, 0.05) is 19.8 Å².